The van der Waals surface area contributed by atoms with Crippen molar-refractivity contribution >= 4 is 0 Å². The molecule has 1 aromatic carbocycles. The quantitative estimate of drug-likeness (QED) is 0.156. The van der Waals surface area contributed by atoms with Crippen LogP contribution < -0.4 is 0 Å². The minimum absolute atomic E-state index is 0.645. The number of benzene rings is 1. The summed E-state index contributed by atoms with van der Waals surface area (Å²) in [5.74, 6) is 0. The Bertz CT molecular complexity index is 416. The summed E-state index contributed by atoms with van der Waals surface area (Å²) in [5, 5.41) is 0. The number of ether oxygens (including phenoxy) is 1. The van der Waals surface area contributed by atoms with Crippen molar-refractivity contribution in [2.24, 2.45) is 5.41 Å². The van der Waals surface area contributed by atoms with Crippen LogP contribution in [0.25, 0.3) is 0 Å². The Morgan fingerprint density at radius 3 is 1.12 bits per heavy atom. The number of rotatable bonds is 22. The van der Waals surface area contributed by atoms with Gasteiger partial charge in [0.25, 0.3) is 0 Å². The van der Waals surface area contributed by atoms with Gasteiger partial charge in [-0.2, -0.15) is 0 Å². The van der Waals surface area contributed by atoms with E-state index < -0.39 is 0 Å². The topological polar surface area (TPSA) is 9.23 Å². The van der Waals surface area contributed by atoms with Crippen molar-refractivity contribution in [2.75, 3.05) is 13.2 Å². The Morgan fingerprint density at radius 1 is 0.424 bits per heavy atom. The molecule has 1 rings (SSSR count). The van der Waals surface area contributed by atoms with Crippen LogP contribution in [0.5, 0.6) is 0 Å². The fourth-order valence-electron chi connectivity index (χ4n) is 4.69. The first-order valence-corrected chi connectivity index (χ1v) is 14.8. The van der Waals surface area contributed by atoms with Gasteiger partial charge >= 0.3 is 0 Å². The molecule has 33 heavy (non-hydrogen) atoms. The molecule has 0 N–H and O–H groups in total. The monoisotopic (exact) mass is 460 g/mol. The summed E-state index contributed by atoms with van der Waals surface area (Å²) >= 11 is 0. The standard InChI is InChI=1S/C26H54O.C6H6/c1-5-9-10-11-12-15-18-21-24-27-25-22-19-16-13-14-17-20-23-26(6-2,7-3)8-4;1-2-4-6-5-3-1/h5-25H2,1-4H3;1-6H. The maximum absolute atomic E-state index is 5.80. The zero-order chi connectivity index (χ0) is 24.3. The first-order valence-electron chi connectivity index (χ1n) is 14.8. The highest BCUT2D eigenvalue weighted by Crippen LogP contribution is 2.36. The molecule has 0 fully saturated rings. The third-order valence-corrected chi connectivity index (χ3v) is 7.55. The number of hydrogen-bond acceptors (Lipinski definition) is 1. The molecule has 0 radical (unpaired) electrons. The lowest BCUT2D eigenvalue weighted by Crippen LogP contribution is -2.17. The Balaban J connectivity index is 0.00000146. The maximum Gasteiger partial charge on any atom is 0.0466 e. The van der Waals surface area contributed by atoms with E-state index in [2.05, 4.69) is 27.7 Å². The molecule has 0 saturated heterocycles. The Kier molecular flexibility index (Phi) is 25.2. The van der Waals surface area contributed by atoms with Crippen molar-refractivity contribution in [1.29, 1.82) is 0 Å². The molecule has 1 heteroatoms. The van der Waals surface area contributed by atoms with E-state index in [0.717, 1.165) is 13.2 Å². The summed E-state index contributed by atoms with van der Waals surface area (Å²) in [6, 6.07) is 12.0. The third-order valence-electron chi connectivity index (χ3n) is 7.55. The van der Waals surface area contributed by atoms with Gasteiger partial charge in [0.05, 0.1) is 0 Å². The van der Waals surface area contributed by atoms with Crippen molar-refractivity contribution in [1.82, 2.24) is 0 Å². The van der Waals surface area contributed by atoms with Gasteiger partial charge in [0.15, 0.2) is 0 Å². The van der Waals surface area contributed by atoms with Crippen molar-refractivity contribution in [3.05, 3.63) is 36.4 Å². The smallest absolute Gasteiger partial charge is 0.0466 e. The van der Waals surface area contributed by atoms with E-state index in [1.807, 2.05) is 36.4 Å². The second-order valence-corrected chi connectivity index (χ2v) is 10.0. The number of hydrogen-bond donors (Lipinski definition) is 0. The first-order chi connectivity index (χ1) is 16.2. The molecule has 1 aromatic rings. The lowest BCUT2D eigenvalue weighted by atomic mass is 9.75. The second kappa shape index (κ2) is 25.8. The predicted octanol–water partition coefficient (Wildman–Crippen LogP) is 11.2. The molecule has 0 atom stereocenters. The predicted molar refractivity (Wildman–Crippen MR) is 150 cm³/mol. The molecule has 0 aliphatic heterocycles. The van der Waals surface area contributed by atoms with Gasteiger partial charge in [-0.15, -0.1) is 0 Å². The average Bonchev–Trinajstić information content (AvgIpc) is 2.87. The van der Waals surface area contributed by atoms with Crippen LogP contribution in [0.15, 0.2) is 36.4 Å². The third kappa shape index (κ3) is 21.5. The lowest BCUT2D eigenvalue weighted by molar-refractivity contribution is 0.125. The minimum Gasteiger partial charge on any atom is -0.381 e. The molecule has 0 bridgehead atoms. The fourth-order valence-corrected chi connectivity index (χ4v) is 4.69. The van der Waals surface area contributed by atoms with Gasteiger partial charge in [-0.1, -0.05) is 167 Å². The Hall–Kier alpha value is -0.820. The van der Waals surface area contributed by atoms with E-state index in [4.69, 9.17) is 4.74 Å². The first kappa shape index (κ1) is 32.2. The summed E-state index contributed by atoms with van der Waals surface area (Å²) < 4.78 is 5.80. The van der Waals surface area contributed by atoms with Crippen LogP contribution in [-0.2, 0) is 4.74 Å². The SMILES string of the molecule is CCCCCCCCCCOCCCCCCCCCC(CC)(CC)CC.c1ccccc1. The maximum atomic E-state index is 5.80. The molecular formula is C32H60O. The zero-order valence-corrected chi connectivity index (χ0v) is 23.2. The van der Waals surface area contributed by atoms with Crippen LogP contribution in [0, 0.1) is 5.41 Å². The van der Waals surface area contributed by atoms with E-state index in [-0.39, 0.29) is 0 Å². The van der Waals surface area contributed by atoms with E-state index in [1.54, 1.807) is 0 Å². The van der Waals surface area contributed by atoms with E-state index >= 15 is 0 Å². The molecular weight excluding hydrogens is 400 g/mol. The van der Waals surface area contributed by atoms with Crippen molar-refractivity contribution in [3.63, 3.8) is 0 Å². The summed E-state index contributed by atoms with van der Waals surface area (Å²) in [4.78, 5) is 0. The van der Waals surface area contributed by atoms with Gasteiger partial charge in [0.1, 0.15) is 0 Å². The summed E-state index contributed by atoms with van der Waals surface area (Å²) in [6.07, 6.45) is 26.4. The van der Waals surface area contributed by atoms with Gasteiger partial charge in [-0.3, -0.25) is 0 Å². The molecule has 0 amide bonds. The molecule has 0 aromatic heterocycles. The van der Waals surface area contributed by atoms with Gasteiger partial charge in [0.2, 0.25) is 0 Å². The van der Waals surface area contributed by atoms with Gasteiger partial charge in [0, 0.05) is 13.2 Å². The van der Waals surface area contributed by atoms with Gasteiger partial charge < -0.3 is 4.74 Å². The highest BCUT2D eigenvalue weighted by molar-refractivity contribution is 4.99. The van der Waals surface area contributed by atoms with E-state index in [0.29, 0.717) is 5.41 Å². The molecule has 0 heterocycles. The van der Waals surface area contributed by atoms with Gasteiger partial charge in [-0.05, 0) is 24.7 Å². The minimum atomic E-state index is 0.645. The molecule has 0 aliphatic carbocycles. The van der Waals surface area contributed by atoms with Crippen LogP contribution in [0.4, 0.5) is 0 Å². The van der Waals surface area contributed by atoms with Crippen molar-refractivity contribution in [3.8, 4) is 0 Å². The van der Waals surface area contributed by atoms with Crippen LogP contribution in [0.1, 0.15) is 150 Å². The van der Waals surface area contributed by atoms with Crippen LogP contribution >= 0.6 is 0 Å². The molecule has 0 unspecified atom stereocenters. The van der Waals surface area contributed by atoms with Gasteiger partial charge in [-0.25, -0.2) is 0 Å². The summed E-state index contributed by atoms with van der Waals surface area (Å²) in [6.45, 7) is 11.4. The average molecular weight is 461 g/mol. The van der Waals surface area contributed by atoms with E-state index in [9.17, 15) is 0 Å². The highest BCUT2D eigenvalue weighted by atomic mass is 16.5. The molecule has 1 nitrogen and oxygen atoms in total. The molecule has 0 spiro atoms. The largest absolute Gasteiger partial charge is 0.381 e. The molecule has 0 aliphatic rings. The van der Waals surface area contributed by atoms with Crippen molar-refractivity contribution in [2.45, 2.75) is 150 Å². The Morgan fingerprint density at radius 2 is 0.758 bits per heavy atom. The van der Waals surface area contributed by atoms with Crippen molar-refractivity contribution < 1.29 is 4.74 Å². The van der Waals surface area contributed by atoms with Crippen LogP contribution in [0.3, 0.4) is 0 Å². The number of unbranched alkanes of at least 4 members (excludes halogenated alkanes) is 13. The molecule has 194 valence electrons. The van der Waals surface area contributed by atoms with Crippen LogP contribution in [-0.4, -0.2) is 13.2 Å². The van der Waals surface area contributed by atoms with E-state index in [1.165, 1.54) is 122 Å². The second-order valence-electron chi connectivity index (χ2n) is 10.0. The summed E-state index contributed by atoms with van der Waals surface area (Å²) in [7, 11) is 0. The lowest BCUT2D eigenvalue weighted by Gasteiger charge is -2.30. The van der Waals surface area contributed by atoms with Crippen LogP contribution in [0.2, 0.25) is 0 Å². The molecule has 0 saturated carbocycles. The highest BCUT2D eigenvalue weighted by Gasteiger charge is 2.22. The fraction of sp³-hybridized carbons (Fsp3) is 0.812. The Labute approximate surface area is 209 Å². The summed E-state index contributed by atoms with van der Waals surface area (Å²) in [5.41, 5.74) is 0.645. The zero-order valence-electron chi connectivity index (χ0n) is 23.2. The normalized spacial score (nSPS) is 11.3.